The van der Waals surface area contributed by atoms with E-state index in [1.165, 1.54) is 0 Å². The number of halogens is 1. The molecule has 0 N–H and O–H groups in total. The lowest BCUT2D eigenvalue weighted by molar-refractivity contribution is -0.138. The minimum Gasteiger partial charge on any atom is -0.341 e. The van der Waals surface area contributed by atoms with Gasteiger partial charge in [-0.25, -0.2) is 0 Å². The third kappa shape index (κ3) is 3.56. The molecule has 15 heavy (non-hydrogen) atoms. The smallest absolute Gasteiger partial charge is 0.229 e. The standard InChI is InChI=1S/C11H20ClNOS/c1-9-4-5-13(6-7-15-9)10(14)11(2,3)8-12/h9H,4-8H2,1-3H3. The highest BCUT2D eigenvalue weighted by molar-refractivity contribution is 7.99. The van der Waals surface area contributed by atoms with Crippen molar-refractivity contribution in [3.8, 4) is 0 Å². The quantitative estimate of drug-likeness (QED) is 0.702. The lowest BCUT2D eigenvalue weighted by Gasteiger charge is -2.29. The molecule has 0 radical (unpaired) electrons. The molecular formula is C11H20ClNOS. The first-order valence-corrected chi connectivity index (χ1v) is 7.02. The predicted molar refractivity (Wildman–Crippen MR) is 67.6 cm³/mol. The van der Waals surface area contributed by atoms with Gasteiger partial charge in [-0.2, -0.15) is 11.8 Å². The van der Waals surface area contributed by atoms with E-state index in [9.17, 15) is 4.79 Å². The molecule has 2 nitrogen and oxygen atoms in total. The highest BCUT2D eigenvalue weighted by Crippen LogP contribution is 2.24. The Labute approximate surface area is 102 Å². The Morgan fingerprint density at radius 2 is 2.20 bits per heavy atom. The average molecular weight is 250 g/mol. The van der Waals surface area contributed by atoms with Crippen LogP contribution in [0.15, 0.2) is 0 Å². The van der Waals surface area contributed by atoms with Gasteiger partial charge in [0.05, 0.1) is 5.41 Å². The normalized spacial score (nSPS) is 23.7. The number of hydrogen-bond donors (Lipinski definition) is 0. The number of rotatable bonds is 2. The summed E-state index contributed by atoms with van der Waals surface area (Å²) < 4.78 is 0. The summed E-state index contributed by atoms with van der Waals surface area (Å²) in [5, 5.41) is 0.668. The van der Waals surface area contributed by atoms with Crippen LogP contribution in [0.4, 0.5) is 0 Å². The maximum absolute atomic E-state index is 12.1. The van der Waals surface area contributed by atoms with Crippen LogP contribution in [-0.4, -0.2) is 40.8 Å². The Morgan fingerprint density at radius 1 is 1.53 bits per heavy atom. The monoisotopic (exact) mass is 249 g/mol. The molecule has 0 aromatic rings. The molecule has 1 unspecified atom stereocenters. The van der Waals surface area contributed by atoms with Crippen molar-refractivity contribution in [1.29, 1.82) is 0 Å². The molecule has 88 valence electrons. The van der Waals surface area contributed by atoms with E-state index < -0.39 is 5.41 Å². The molecule has 0 bridgehead atoms. The highest BCUT2D eigenvalue weighted by Gasteiger charge is 2.31. The fourth-order valence-electron chi connectivity index (χ4n) is 1.59. The summed E-state index contributed by atoms with van der Waals surface area (Å²) in [6.45, 7) is 7.82. The minimum atomic E-state index is -0.417. The molecule has 1 aliphatic heterocycles. The van der Waals surface area contributed by atoms with Gasteiger partial charge in [0.15, 0.2) is 0 Å². The van der Waals surface area contributed by atoms with Gasteiger partial charge in [0.1, 0.15) is 0 Å². The SMILES string of the molecule is CC1CCN(C(=O)C(C)(C)CCl)CCS1. The van der Waals surface area contributed by atoms with Crippen LogP contribution < -0.4 is 0 Å². The van der Waals surface area contributed by atoms with Crippen LogP contribution in [-0.2, 0) is 4.79 Å². The molecule has 0 aliphatic carbocycles. The molecular weight excluding hydrogens is 230 g/mol. The van der Waals surface area contributed by atoms with Crippen molar-refractivity contribution in [2.24, 2.45) is 5.41 Å². The summed E-state index contributed by atoms with van der Waals surface area (Å²) >= 11 is 7.78. The minimum absolute atomic E-state index is 0.201. The molecule has 1 aliphatic rings. The first kappa shape index (κ1) is 13.2. The molecule has 1 saturated heterocycles. The summed E-state index contributed by atoms with van der Waals surface area (Å²) in [4.78, 5) is 14.1. The molecule has 4 heteroatoms. The zero-order chi connectivity index (χ0) is 11.5. The van der Waals surface area contributed by atoms with E-state index in [4.69, 9.17) is 11.6 Å². The first-order valence-electron chi connectivity index (χ1n) is 5.44. The number of nitrogens with zero attached hydrogens (tertiary/aromatic N) is 1. The zero-order valence-electron chi connectivity index (χ0n) is 9.75. The van der Waals surface area contributed by atoms with Gasteiger partial charge in [0, 0.05) is 30.0 Å². The van der Waals surface area contributed by atoms with Gasteiger partial charge in [-0.1, -0.05) is 6.92 Å². The largest absolute Gasteiger partial charge is 0.341 e. The lowest BCUT2D eigenvalue weighted by atomic mass is 9.94. The van der Waals surface area contributed by atoms with Crippen LogP contribution in [0.3, 0.4) is 0 Å². The van der Waals surface area contributed by atoms with E-state index in [0.29, 0.717) is 11.1 Å². The number of hydrogen-bond acceptors (Lipinski definition) is 2. The number of carbonyl (C=O) groups is 1. The van der Waals surface area contributed by atoms with Crippen molar-refractivity contribution in [1.82, 2.24) is 4.90 Å². The molecule has 0 saturated carbocycles. The summed E-state index contributed by atoms with van der Waals surface area (Å²) in [7, 11) is 0. The van der Waals surface area contributed by atoms with E-state index in [1.54, 1.807) is 0 Å². The van der Waals surface area contributed by atoms with Crippen LogP contribution >= 0.6 is 23.4 Å². The van der Waals surface area contributed by atoms with Gasteiger partial charge in [0.2, 0.25) is 5.91 Å². The third-order valence-corrected chi connectivity index (χ3v) is 4.66. The maximum atomic E-state index is 12.1. The highest BCUT2D eigenvalue weighted by atomic mass is 35.5. The fraction of sp³-hybridized carbons (Fsp3) is 0.909. The van der Waals surface area contributed by atoms with Crippen LogP contribution in [0, 0.1) is 5.41 Å². The first-order chi connectivity index (χ1) is 6.97. The van der Waals surface area contributed by atoms with Crippen molar-refractivity contribution < 1.29 is 4.79 Å². The second-order valence-corrected chi connectivity index (χ2v) is 6.59. The number of alkyl halides is 1. The number of carbonyl (C=O) groups excluding carboxylic acids is 1. The Hall–Kier alpha value is 0.110. The molecule has 1 fully saturated rings. The van der Waals surface area contributed by atoms with Gasteiger partial charge in [-0.3, -0.25) is 4.79 Å². The van der Waals surface area contributed by atoms with Crippen LogP contribution in [0.25, 0.3) is 0 Å². The van der Waals surface area contributed by atoms with Crippen molar-refractivity contribution >= 4 is 29.3 Å². The zero-order valence-corrected chi connectivity index (χ0v) is 11.3. The molecule has 1 heterocycles. The van der Waals surface area contributed by atoms with E-state index >= 15 is 0 Å². The van der Waals surface area contributed by atoms with Crippen LogP contribution in [0.1, 0.15) is 27.2 Å². The van der Waals surface area contributed by atoms with Gasteiger partial charge in [-0.15, -0.1) is 11.6 Å². The second-order valence-electron chi connectivity index (χ2n) is 4.78. The summed E-state index contributed by atoms with van der Waals surface area (Å²) in [6.07, 6.45) is 1.09. The Bertz CT molecular complexity index is 233. The van der Waals surface area contributed by atoms with E-state index in [1.807, 2.05) is 30.5 Å². The van der Waals surface area contributed by atoms with Gasteiger partial charge in [0.25, 0.3) is 0 Å². The van der Waals surface area contributed by atoms with E-state index in [2.05, 4.69) is 6.92 Å². The van der Waals surface area contributed by atoms with Crippen molar-refractivity contribution in [2.45, 2.75) is 32.4 Å². The average Bonchev–Trinajstić information content (AvgIpc) is 2.42. The Kier molecular flexibility index (Phi) is 4.78. The van der Waals surface area contributed by atoms with Gasteiger partial charge >= 0.3 is 0 Å². The topological polar surface area (TPSA) is 20.3 Å². The van der Waals surface area contributed by atoms with Crippen molar-refractivity contribution in [3.63, 3.8) is 0 Å². The van der Waals surface area contributed by atoms with Crippen LogP contribution in [0.5, 0.6) is 0 Å². The lowest BCUT2D eigenvalue weighted by Crippen LogP contribution is -2.43. The summed E-state index contributed by atoms with van der Waals surface area (Å²) in [5.41, 5.74) is -0.417. The third-order valence-electron chi connectivity index (χ3n) is 2.77. The molecule has 0 aromatic carbocycles. The molecule has 1 amide bonds. The van der Waals surface area contributed by atoms with Gasteiger partial charge in [-0.05, 0) is 20.3 Å². The molecule has 0 aromatic heterocycles. The Morgan fingerprint density at radius 3 is 2.80 bits per heavy atom. The maximum Gasteiger partial charge on any atom is 0.229 e. The second kappa shape index (κ2) is 5.44. The summed E-state index contributed by atoms with van der Waals surface area (Å²) in [5.74, 6) is 1.64. The number of amides is 1. The predicted octanol–water partition coefficient (Wildman–Crippen LogP) is 2.61. The molecule has 1 atom stereocenters. The van der Waals surface area contributed by atoms with Gasteiger partial charge < -0.3 is 4.90 Å². The van der Waals surface area contributed by atoms with Crippen LogP contribution in [0.2, 0.25) is 0 Å². The van der Waals surface area contributed by atoms with Crippen molar-refractivity contribution in [2.75, 3.05) is 24.7 Å². The number of thioether (sulfide) groups is 1. The summed E-state index contributed by atoms with van der Waals surface area (Å²) in [6, 6.07) is 0. The van der Waals surface area contributed by atoms with E-state index in [-0.39, 0.29) is 5.91 Å². The fourth-order valence-corrected chi connectivity index (χ4v) is 2.70. The molecule has 1 rings (SSSR count). The molecule has 0 spiro atoms. The van der Waals surface area contributed by atoms with E-state index in [0.717, 1.165) is 25.3 Å². The Balaban J connectivity index is 2.59. The van der Waals surface area contributed by atoms with Crippen molar-refractivity contribution in [3.05, 3.63) is 0 Å².